The molecule has 1 fully saturated rings. The number of hydrogen-bond donors (Lipinski definition) is 1. The molecule has 1 N–H and O–H groups in total. The van der Waals surface area contributed by atoms with E-state index in [1.165, 1.54) is 7.05 Å². The third-order valence-corrected chi connectivity index (χ3v) is 2.30. The maximum atomic E-state index is 12.4. The van der Waals surface area contributed by atoms with E-state index in [-0.39, 0.29) is 6.10 Å². The van der Waals surface area contributed by atoms with Crippen LogP contribution in [0, 0.1) is 0 Å². The molecule has 0 aliphatic carbocycles. The molecule has 5 heteroatoms. The third kappa shape index (κ3) is 2.57. The van der Waals surface area contributed by atoms with Gasteiger partial charge in [0.1, 0.15) is 6.04 Å². The number of halogens is 3. The second-order valence-electron chi connectivity index (χ2n) is 3.37. The lowest BCUT2D eigenvalue weighted by atomic mass is 10.1. The summed E-state index contributed by atoms with van der Waals surface area (Å²) in [7, 11) is 1.31. The number of ether oxygens (including phenoxy) is 1. The lowest BCUT2D eigenvalue weighted by Crippen LogP contribution is -2.48. The van der Waals surface area contributed by atoms with Crippen molar-refractivity contribution in [3.05, 3.63) is 0 Å². The van der Waals surface area contributed by atoms with Gasteiger partial charge in [-0.15, -0.1) is 0 Å². The molecule has 0 aromatic carbocycles. The van der Waals surface area contributed by atoms with Crippen LogP contribution in [0.15, 0.2) is 0 Å². The molecular weight excluding hydrogens is 183 g/mol. The summed E-state index contributed by atoms with van der Waals surface area (Å²) in [6, 6.07) is -1.53. The van der Waals surface area contributed by atoms with E-state index in [0.29, 0.717) is 12.8 Å². The van der Waals surface area contributed by atoms with E-state index < -0.39 is 18.3 Å². The first-order valence-corrected chi connectivity index (χ1v) is 4.34. The molecule has 78 valence electrons. The first kappa shape index (κ1) is 10.8. The lowest BCUT2D eigenvalue weighted by molar-refractivity contribution is -0.180. The zero-order valence-corrected chi connectivity index (χ0v) is 7.69. The van der Waals surface area contributed by atoms with E-state index in [1.807, 2.05) is 0 Å². The van der Waals surface area contributed by atoms with E-state index >= 15 is 0 Å². The van der Waals surface area contributed by atoms with Gasteiger partial charge in [0.05, 0.1) is 12.2 Å². The number of hydrogen-bond acceptors (Lipinski definition) is 2. The van der Waals surface area contributed by atoms with Crippen LogP contribution in [0.1, 0.15) is 19.8 Å². The maximum absolute atomic E-state index is 12.4. The van der Waals surface area contributed by atoms with Crippen LogP contribution in [0.25, 0.3) is 0 Å². The highest BCUT2D eigenvalue weighted by atomic mass is 19.4. The molecule has 0 aromatic heterocycles. The van der Waals surface area contributed by atoms with Crippen LogP contribution in [0.4, 0.5) is 13.2 Å². The van der Waals surface area contributed by atoms with Gasteiger partial charge >= 0.3 is 6.18 Å². The zero-order valence-electron chi connectivity index (χ0n) is 7.69. The van der Waals surface area contributed by atoms with Crippen LogP contribution >= 0.6 is 0 Å². The Hall–Kier alpha value is -0.290. The molecule has 3 unspecified atom stereocenters. The summed E-state index contributed by atoms with van der Waals surface area (Å²) in [5.74, 6) is 0. The van der Waals surface area contributed by atoms with Gasteiger partial charge in [0.15, 0.2) is 0 Å². The SMILES string of the molecule is CNC(C1CCC(C)O1)C(F)(F)F. The molecule has 0 aromatic rings. The molecule has 0 spiro atoms. The molecule has 0 radical (unpaired) electrons. The van der Waals surface area contributed by atoms with Crippen molar-refractivity contribution in [2.75, 3.05) is 7.05 Å². The predicted octanol–water partition coefficient (Wildman–Crippen LogP) is 1.70. The monoisotopic (exact) mass is 197 g/mol. The van der Waals surface area contributed by atoms with Crippen LogP contribution in [0.3, 0.4) is 0 Å². The molecule has 3 atom stereocenters. The minimum Gasteiger partial charge on any atom is -0.373 e. The fourth-order valence-electron chi connectivity index (χ4n) is 1.64. The Balaban J connectivity index is 2.57. The molecule has 0 amide bonds. The van der Waals surface area contributed by atoms with Gasteiger partial charge < -0.3 is 10.1 Å². The van der Waals surface area contributed by atoms with Crippen molar-refractivity contribution in [2.45, 2.75) is 44.2 Å². The first-order valence-electron chi connectivity index (χ1n) is 4.34. The summed E-state index contributed by atoms with van der Waals surface area (Å²) in [5.41, 5.74) is 0. The second kappa shape index (κ2) is 3.84. The molecular formula is C8H14F3NO. The highest BCUT2D eigenvalue weighted by Gasteiger charge is 2.46. The number of likely N-dealkylation sites (N-methyl/N-ethyl adjacent to an activating group) is 1. The van der Waals surface area contributed by atoms with Crippen molar-refractivity contribution in [1.82, 2.24) is 5.32 Å². The van der Waals surface area contributed by atoms with E-state index in [2.05, 4.69) is 5.32 Å². The number of rotatable bonds is 2. The van der Waals surface area contributed by atoms with Gasteiger partial charge in [0, 0.05) is 0 Å². The quantitative estimate of drug-likeness (QED) is 0.727. The molecule has 2 nitrogen and oxygen atoms in total. The Labute approximate surface area is 75.4 Å². The molecule has 1 aliphatic rings. The Morgan fingerprint density at radius 2 is 2.00 bits per heavy atom. The fraction of sp³-hybridized carbons (Fsp3) is 1.00. The Kier molecular flexibility index (Phi) is 3.18. The predicted molar refractivity (Wildman–Crippen MR) is 42.5 cm³/mol. The highest BCUT2D eigenvalue weighted by molar-refractivity contribution is 4.86. The van der Waals surface area contributed by atoms with E-state index in [4.69, 9.17) is 4.74 Å². The van der Waals surface area contributed by atoms with Gasteiger partial charge in [-0.25, -0.2) is 0 Å². The lowest BCUT2D eigenvalue weighted by Gasteiger charge is -2.25. The standard InChI is InChI=1S/C8H14F3NO/c1-5-3-4-6(13-5)7(12-2)8(9,10)11/h5-7,12H,3-4H2,1-2H3. The van der Waals surface area contributed by atoms with Crippen molar-refractivity contribution in [3.8, 4) is 0 Å². The molecule has 1 heterocycles. The Morgan fingerprint density at radius 3 is 2.31 bits per heavy atom. The summed E-state index contributed by atoms with van der Waals surface area (Å²) < 4.78 is 42.2. The molecule has 1 saturated heterocycles. The average Bonchev–Trinajstić information content (AvgIpc) is 2.34. The van der Waals surface area contributed by atoms with Gasteiger partial charge in [-0.3, -0.25) is 0 Å². The van der Waals surface area contributed by atoms with Crippen LogP contribution in [-0.4, -0.2) is 31.5 Å². The minimum atomic E-state index is -4.22. The second-order valence-corrected chi connectivity index (χ2v) is 3.37. The molecule has 0 saturated carbocycles. The van der Waals surface area contributed by atoms with Gasteiger partial charge in [-0.2, -0.15) is 13.2 Å². The van der Waals surface area contributed by atoms with Crippen LogP contribution in [0.5, 0.6) is 0 Å². The topological polar surface area (TPSA) is 21.3 Å². The molecule has 0 bridgehead atoms. The smallest absolute Gasteiger partial charge is 0.373 e. The molecule has 1 aliphatic heterocycles. The van der Waals surface area contributed by atoms with Gasteiger partial charge in [-0.1, -0.05) is 0 Å². The summed E-state index contributed by atoms with van der Waals surface area (Å²) in [6.45, 7) is 1.79. The number of alkyl halides is 3. The summed E-state index contributed by atoms with van der Waals surface area (Å²) in [6.07, 6.45) is -3.81. The summed E-state index contributed by atoms with van der Waals surface area (Å²) >= 11 is 0. The van der Waals surface area contributed by atoms with Crippen LogP contribution in [-0.2, 0) is 4.74 Å². The number of nitrogens with one attached hydrogen (secondary N) is 1. The average molecular weight is 197 g/mol. The fourth-order valence-corrected chi connectivity index (χ4v) is 1.64. The van der Waals surface area contributed by atoms with Crippen LogP contribution < -0.4 is 5.32 Å². The van der Waals surface area contributed by atoms with E-state index in [0.717, 1.165) is 0 Å². The Bertz CT molecular complexity index is 171. The van der Waals surface area contributed by atoms with E-state index in [1.54, 1.807) is 6.92 Å². The van der Waals surface area contributed by atoms with Crippen molar-refractivity contribution in [1.29, 1.82) is 0 Å². The minimum absolute atomic E-state index is 0.0526. The molecule has 1 rings (SSSR count). The molecule has 13 heavy (non-hydrogen) atoms. The Morgan fingerprint density at radius 1 is 1.38 bits per heavy atom. The van der Waals surface area contributed by atoms with Gasteiger partial charge in [-0.05, 0) is 26.8 Å². The van der Waals surface area contributed by atoms with Crippen LogP contribution in [0.2, 0.25) is 0 Å². The van der Waals surface area contributed by atoms with Gasteiger partial charge in [0.25, 0.3) is 0 Å². The summed E-state index contributed by atoms with van der Waals surface area (Å²) in [5, 5.41) is 2.25. The maximum Gasteiger partial charge on any atom is 0.406 e. The largest absolute Gasteiger partial charge is 0.406 e. The first-order chi connectivity index (χ1) is 5.95. The zero-order chi connectivity index (χ0) is 10.1. The van der Waals surface area contributed by atoms with E-state index in [9.17, 15) is 13.2 Å². The highest BCUT2D eigenvalue weighted by Crippen LogP contribution is 2.30. The summed E-state index contributed by atoms with van der Waals surface area (Å²) in [4.78, 5) is 0. The van der Waals surface area contributed by atoms with Crippen molar-refractivity contribution < 1.29 is 17.9 Å². The third-order valence-electron chi connectivity index (χ3n) is 2.30. The van der Waals surface area contributed by atoms with Gasteiger partial charge in [0.2, 0.25) is 0 Å². The normalized spacial score (nSPS) is 32.1. The van der Waals surface area contributed by atoms with Crippen molar-refractivity contribution in [3.63, 3.8) is 0 Å². The van der Waals surface area contributed by atoms with Crippen molar-refractivity contribution >= 4 is 0 Å². The van der Waals surface area contributed by atoms with Crippen molar-refractivity contribution in [2.24, 2.45) is 0 Å².